The molecule has 0 amide bonds. The first-order chi connectivity index (χ1) is 7.04. The highest BCUT2D eigenvalue weighted by Crippen LogP contribution is 2.25. The van der Waals surface area contributed by atoms with Gasteiger partial charge in [0.05, 0.1) is 17.5 Å². The number of rotatable bonds is 3. The molecule has 0 aliphatic rings. The molecule has 0 N–H and O–H groups in total. The molecule has 0 aliphatic carbocycles. The van der Waals surface area contributed by atoms with Gasteiger partial charge in [-0.25, -0.2) is 4.39 Å². The normalized spacial score (nSPS) is 10.1. The van der Waals surface area contributed by atoms with Crippen LogP contribution in [0.4, 0.5) is 4.39 Å². The Bertz CT molecular complexity index is 380. The van der Waals surface area contributed by atoms with Crippen LogP contribution in [0.3, 0.4) is 0 Å². The molecule has 0 aromatic heterocycles. The van der Waals surface area contributed by atoms with Crippen molar-refractivity contribution in [3.8, 4) is 0 Å². The first-order valence-corrected chi connectivity index (χ1v) is 5.92. The average Bonchev–Trinajstić information content (AvgIpc) is 2.14. The van der Waals surface area contributed by atoms with E-state index in [1.54, 1.807) is 13.0 Å². The van der Waals surface area contributed by atoms with Gasteiger partial charge in [0.2, 0.25) is 0 Å². The lowest BCUT2D eigenvalue weighted by Gasteiger charge is -2.05. The summed E-state index contributed by atoms with van der Waals surface area (Å²) in [7, 11) is 0. The zero-order chi connectivity index (χ0) is 11.4. The predicted molar refractivity (Wildman–Crippen MR) is 62.1 cm³/mol. The van der Waals surface area contributed by atoms with Crippen LogP contribution in [0.5, 0.6) is 0 Å². The van der Waals surface area contributed by atoms with Crippen molar-refractivity contribution < 1.29 is 13.9 Å². The lowest BCUT2D eigenvalue weighted by molar-refractivity contribution is -0.142. The number of esters is 1. The second-order valence-corrected chi connectivity index (χ2v) is 4.55. The van der Waals surface area contributed by atoms with Gasteiger partial charge >= 0.3 is 5.97 Å². The third-order valence-corrected chi connectivity index (χ3v) is 3.08. The van der Waals surface area contributed by atoms with Gasteiger partial charge in [0, 0.05) is 4.47 Å². The first-order valence-electron chi connectivity index (χ1n) is 4.33. The molecule has 0 spiro atoms. The van der Waals surface area contributed by atoms with E-state index in [2.05, 4.69) is 31.9 Å². The van der Waals surface area contributed by atoms with Crippen molar-refractivity contribution in [1.29, 1.82) is 0 Å². The predicted octanol–water partition coefficient (Wildman–Crippen LogP) is 3.46. The van der Waals surface area contributed by atoms with Gasteiger partial charge in [0.1, 0.15) is 5.82 Å². The number of carbonyl (C=O) groups excluding carboxylic acids is 1. The summed E-state index contributed by atoms with van der Waals surface area (Å²) < 4.78 is 19.0. The molecule has 5 heteroatoms. The van der Waals surface area contributed by atoms with E-state index in [9.17, 15) is 9.18 Å². The lowest BCUT2D eigenvalue weighted by atomic mass is 10.1. The molecule has 0 fully saturated rings. The average molecular weight is 340 g/mol. The quantitative estimate of drug-likeness (QED) is 0.622. The van der Waals surface area contributed by atoms with Crippen molar-refractivity contribution >= 4 is 37.8 Å². The molecule has 0 saturated carbocycles. The lowest BCUT2D eigenvalue weighted by Crippen LogP contribution is -2.08. The third-order valence-electron chi connectivity index (χ3n) is 1.73. The summed E-state index contributed by atoms with van der Waals surface area (Å²) in [5.41, 5.74) is 0.578. The largest absolute Gasteiger partial charge is 0.466 e. The van der Waals surface area contributed by atoms with Crippen LogP contribution in [0.1, 0.15) is 12.5 Å². The Kier molecular flexibility index (Phi) is 4.73. The van der Waals surface area contributed by atoms with Crippen molar-refractivity contribution in [2.45, 2.75) is 13.3 Å². The minimum Gasteiger partial charge on any atom is -0.466 e. The van der Waals surface area contributed by atoms with Crippen molar-refractivity contribution in [3.05, 3.63) is 32.5 Å². The van der Waals surface area contributed by atoms with Gasteiger partial charge in [-0.05, 0) is 40.5 Å². The second kappa shape index (κ2) is 5.61. The molecule has 0 bridgehead atoms. The molecule has 0 aliphatic heterocycles. The van der Waals surface area contributed by atoms with Gasteiger partial charge in [0.15, 0.2) is 0 Å². The SMILES string of the molecule is CCOC(=O)Cc1cc(F)c(Br)cc1Br. The van der Waals surface area contributed by atoms with Gasteiger partial charge < -0.3 is 4.74 Å². The Morgan fingerprint density at radius 1 is 1.40 bits per heavy atom. The zero-order valence-corrected chi connectivity index (χ0v) is 11.2. The highest BCUT2D eigenvalue weighted by Gasteiger charge is 2.10. The summed E-state index contributed by atoms with van der Waals surface area (Å²) in [4.78, 5) is 11.2. The van der Waals surface area contributed by atoms with Crippen LogP contribution >= 0.6 is 31.9 Å². The first kappa shape index (κ1) is 12.6. The van der Waals surface area contributed by atoms with E-state index in [1.807, 2.05) is 0 Å². The van der Waals surface area contributed by atoms with Crippen molar-refractivity contribution in [2.75, 3.05) is 6.61 Å². The topological polar surface area (TPSA) is 26.3 Å². The molecule has 0 atom stereocenters. The fourth-order valence-electron chi connectivity index (χ4n) is 1.07. The van der Waals surface area contributed by atoms with E-state index in [0.717, 1.165) is 0 Å². The summed E-state index contributed by atoms with van der Waals surface area (Å²) in [5.74, 6) is -0.752. The zero-order valence-electron chi connectivity index (χ0n) is 8.02. The maximum Gasteiger partial charge on any atom is 0.310 e. The van der Waals surface area contributed by atoms with Crippen molar-refractivity contribution in [1.82, 2.24) is 0 Å². The molecule has 82 valence electrons. The number of ether oxygens (including phenoxy) is 1. The Morgan fingerprint density at radius 3 is 2.67 bits per heavy atom. The summed E-state index contributed by atoms with van der Waals surface area (Å²) in [6.45, 7) is 2.06. The van der Waals surface area contributed by atoms with Crippen LogP contribution in [0.25, 0.3) is 0 Å². The van der Waals surface area contributed by atoms with Crippen LogP contribution in [0, 0.1) is 5.82 Å². The summed E-state index contributed by atoms with van der Waals surface area (Å²) in [6.07, 6.45) is 0.0681. The molecule has 0 saturated heterocycles. The minimum absolute atomic E-state index is 0.0681. The van der Waals surface area contributed by atoms with Crippen LogP contribution in [0.2, 0.25) is 0 Å². The standard InChI is InChI=1S/C10H9Br2FO2/c1-2-15-10(14)4-6-3-9(13)8(12)5-7(6)11/h3,5H,2,4H2,1H3. The Morgan fingerprint density at radius 2 is 2.07 bits per heavy atom. The molecular formula is C10H9Br2FO2. The highest BCUT2D eigenvalue weighted by molar-refractivity contribution is 9.11. The van der Waals surface area contributed by atoms with E-state index < -0.39 is 5.82 Å². The molecule has 0 unspecified atom stereocenters. The van der Waals surface area contributed by atoms with Gasteiger partial charge in [0.25, 0.3) is 0 Å². The maximum absolute atomic E-state index is 13.2. The summed E-state index contributed by atoms with van der Waals surface area (Å²) in [5, 5.41) is 0. The van der Waals surface area contributed by atoms with E-state index >= 15 is 0 Å². The minimum atomic E-state index is -0.391. The summed E-state index contributed by atoms with van der Waals surface area (Å²) >= 11 is 6.31. The fraction of sp³-hybridized carbons (Fsp3) is 0.300. The molecule has 0 heterocycles. The molecule has 2 nitrogen and oxygen atoms in total. The van der Waals surface area contributed by atoms with Crippen LogP contribution in [-0.2, 0) is 16.0 Å². The number of hydrogen-bond acceptors (Lipinski definition) is 2. The molecule has 1 aromatic rings. The molecule has 0 radical (unpaired) electrons. The molecule has 15 heavy (non-hydrogen) atoms. The summed E-state index contributed by atoms with van der Waals surface area (Å²) in [6, 6.07) is 2.88. The number of halogens is 3. The van der Waals surface area contributed by atoms with Crippen LogP contribution in [-0.4, -0.2) is 12.6 Å². The Hall–Kier alpha value is -0.420. The number of benzene rings is 1. The number of carbonyl (C=O) groups is 1. The maximum atomic E-state index is 13.2. The third kappa shape index (κ3) is 3.57. The van der Waals surface area contributed by atoms with E-state index in [4.69, 9.17) is 4.74 Å². The molecule has 1 aromatic carbocycles. The second-order valence-electron chi connectivity index (χ2n) is 2.84. The van der Waals surface area contributed by atoms with Crippen LogP contribution in [0.15, 0.2) is 21.1 Å². The Balaban J connectivity index is 2.86. The van der Waals surface area contributed by atoms with Crippen molar-refractivity contribution in [3.63, 3.8) is 0 Å². The van der Waals surface area contributed by atoms with Gasteiger partial charge in [-0.15, -0.1) is 0 Å². The molecule has 1 rings (SSSR count). The van der Waals surface area contributed by atoms with Gasteiger partial charge in [-0.3, -0.25) is 4.79 Å². The fourth-order valence-corrected chi connectivity index (χ4v) is 2.20. The van der Waals surface area contributed by atoms with E-state index in [1.165, 1.54) is 6.07 Å². The number of hydrogen-bond donors (Lipinski definition) is 0. The van der Waals surface area contributed by atoms with E-state index in [-0.39, 0.29) is 12.4 Å². The Labute approximate surface area is 104 Å². The van der Waals surface area contributed by atoms with Crippen molar-refractivity contribution in [2.24, 2.45) is 0 Å². The smallest absolute Gasteiger partial charge is 0.310 e. The van der Waals surface area contributed by atoms with E-state index in [0.29, 0.717) is 21.1 Å². The van der Waals surface area contributed by atoms with Gasteiger partial charge in [-0.1, -0.05) is 15.9 Å². The van der Waals surface area contributed by atoms with Crippen LogP contribution < -0.4 is 0 Å². The highest BCUT2D eigenvalue weighted by atomic mass is 79.9. The monoisotopic (exact) mass is 338 g/mol. The molecular weight excluding hydrogens is 331 g/mol. The van der Waals surface area contributed by atoms with Gasteiger partial charge in [-0.2, -0.15) is 0 Å².